The lowest BCUT2D eigenvalue weighted by Gasteiger charge is -2.12. The smallest absolute Gasteiger partial charge is 0.159 e. The molecule has 94 valence electrons. The first-order valence-electron chi connectivity index (χ1n) is 5.03. The molecular formula is C13H7Br2F3. The Labute approximate surface area is 119 Å². The van der Waals surface area contributed by atoms with Crippen LogP contribution in [0.5, 0.6) is 0 Å². The van der Waals surface area contributed by atoms with Crippen molar-refractivity contribution in [1.82, 2.24) is 0 Å². The highest BCUT2D eigenvalue weighted by molar-refractivity contribution is 9.10. The number of alkyl halides is 1. The lowest BCUT2D eigenvalue weighted by Crippen LogP contribution is -1.98. The molecule has 1 unspecified atom stereocenters. The molecule has 2 aromatic rings. The van der Waals surface area contributed by atoms with Crippen molar-refractivity contribution in [2.75, 3.05) is 0 Å². The van der Waals surface area contributed by atoms with Gasteiger partial charge in [-0.25, -0.2) is 13.2 Å². The highest BCUT2D eigenvalue weighted by atomic mass is 79.9. The van der Waals surface area contributed by atoms with Crippen LogP contribution in [-0.4, -0.2) is 0 Å². The molecule has 2 rings (SSSR count). The molecule has 18 heavy (non-hydrogen) atoms. The average Bonchev–Trinajstić information content (AvgIpc) is 2.32. The van der Waals surface area contributed by atoms with Crippen molar-refractivity contribution in [2.24, 2.45) is 0 Å². The second kappa shape index (κ2) is 5.45. The van der Waals surface area contributed by atoms with Crippen LogP contribution in [0, 0.1) is 17.5 Å². The summed E-state index contributed by atoms with van der Waals surface area (Å²) >= 11 is 6.44. The Hall–Kier alpha value is -0.810. The van der Waals surface area contributed by atoms with Crippen molar-refractivity contribution >= 4 is 31.9 Å². The molecule has 0 aliphatic heterocycles. The summed E-state index contributed by atoms with van der Waals surface area (Å²) in [7, 11) is 0. The molecule has 0 spiro atoms. The molecule has 0 saturated carbocycles. The number of rotatable bonds is 2. The minimum Gasteiger partial charge on any atom is -0.207 e. The fourth-order valence-electron chi connectivity index (χ4n) is 1.56. The van der Waals surface area contributed by atoms with Gasteiger partial charge in [-0.3, -0.25) is 0 Å². The number of hydrogen-bond acceptors (Lipinski definition) is 0. The van der Waals surface area contributed by atoms with Crippen LogP contribution in [0.25, 0.3) is 0 Å². The van der Waals surface area contributed by atoms with Gasteiger partial charge in [0.15, 0.2) is 11.6 Å². The van der Waals surface area contributed by atoms with E-state index in [4.69, 9.17) is 0 Å². The third kappa shape index (κ3) is 2.78. The van der Waals surface area contributed by atoms with Crippen LogP contribution >= 0.6 is 31.9 Å². The van der Waals surface area contributed by atoms with Gasteiger partial charge in [0.1, 0.15) is 5.82 Å². The van der Waals surface area contributed by atoms with Crippen LogP contribution in [0.3, 0.4) is 0 Å². The fourth-order valence-corrected chi connectivity index (χ4v) is 2.55. The van der Waals surface area contributed by atoms with Gasteiger partial charge in [-0.15, -0.1) is 0 Å². The summed E-state index contributed by atoms with van der Waals surface area (Å²) in [5.41, 5.74) is 0.819. The minimum absolute atomic E-state index is 0.365. The van der Waals surface area contributed by atoms with E-state index in [0.29, 0.717) is 15.6 Å². The third-order valence-electron chi connectivity index (χ3n) is 2.47. The van der Waals surface area contributed by atoms with E-state index in [1.54, 1.807) is 12.1 Å². The molecule has 0 radical (unpaired) electrons. The van der Waals surface area contributed by atoms with Gasteiger partial charge in [-0.05, 0) is 29.8 Å². The number of benzene rings is 2. The van der Waals surface area contributed by atoms with Gasteiger partial charge in [0.05, 0.1) is 4.83 Å². The summed E-state index contributed by atoms with van der Waals surface area (Å²) in [4.78, 5) is -0.527. The molecule has 0 aliphatic carbocycles. The van der Waals surface area contributed by atoms with Gasteiger partial charge in [0.25, 0.3) is 0 Å². The molecule has 2 aromatic carbocycles. The van der Waals surface area contributed by atoms with Crippen LogP contribution in [0.2, 0.25) is 0 Å². The third-order valence-corrected chi connectivity index (χ3v) is 3.99. The van der Waals surface area contributed by atoms with Crippen LogP contribution in [0.4, 0.5) is 13.2 Å². The predicted molar refractivity (Wildman–Crippen MR) is 71.2 cm³/mol. The summed E-state index contributed by atoms with van der Waals surface area (Å²) < 4.78 is 40.3. The van der Waals surface area contributed by atoms with Crippen LogP contribution < -0.4 is 0 Å². The topological polar surface area (TPSA) is 0 Å². The van der Waals surface area contributed by atoms with Crippen molar-refractivity contribution in [3.8, 4) is 0 Å². The summed E-state index contributed by atoms with van der Waals surface area (Å²) in [6.07, 6.45) is 0. The van der Waals surface area contributed by atoms with Crippen LogP contribution in [0.15, 0.2) is 40.9 Å². The molecule has 0 bridgehead atoms. The van der Waals surface area contributed by atoms with Gasteiger partial charge < -0.3 is 0 Å². The largest absolute Gasteiger partial charge is 0.207 e. The predicted octanol–water partition coefficient (Wildman–Crippen LogP) is 5.35. The van der Waals surface area contributed by atoms with E-state index in [2.05, 4.69) is 31.9 Å². The van der Waals surface area contributed by atoms with Crippen molar-refractivity contribution in [3.63, 3.8) is 0 Å². The van der Waals surface area contributed by atoms with Crippen LogP contribution in [-0.2, 0) is 0 Å². The molecule has 0 nitrogen and oxygen atoms in total. The van der Waals surface area contributed by atoms with Gasteiger partial charge in [0.2, 0.25) is 0 Å². The monoisotopic (exact) mass is 378 g/mol. The standard InChI is InChI=1S/C13H7Br2F3/c14-8-2-3-9(11(17)6-8)13(15)7-1-4-10(16)12(18)5-7/h1-6,13H. The summed E-state index contributed by atoms with van der Waals surface area (Å²) in [6, 6.07) is 8.08. The van der Waals surface area contributed by atoms with Gasteiger partial charge >= 0.3 is 0 Å². The van der Waals surface area contributed by atoms with E-state index in [-0.39, 0.29) is 0 Å². The molecule has 1 atom stereocenters. The Bertz CT molecular complexity index is 584. The molecule has 0 aromatic heterocycles. The maximum absolute atomic E-state index is 13.7. The summed E-state index contributed by atoms with van der Waals surface area (Å²) in [5.74, 6) is -2.29. The van der Waals surface area contributed by atoms with E-state index in [1.165, 1.54) is 12.1 Å². The van der Waals surface area contributed by atoms with Crippen molar-refractivity contribution < 1.29 is 13.2 Å². The Kier molecular flexibility index (Phi) is 4.12. The van der Waals surface area contributed by atoms with Crippen molar-refractivity contribution in [2.45, 2.75) is 4.83 Å². The highest BCUT2D eigenvalue weighted by Gasteiger charge is 2.16. The average molecular weight is 380 g/mol. The Balaban J connectivity index is 2.41. The Morgan fingerprint density at radius 1 is 0.833 bits per heavy atom. The molecule has 0 saturated heterocycles. The van der Waals surface area contributed by atoms with Gasteiger partial charge in [0, 0.05) is 10.0 Å². The maximum atomic E-state index is 13.7. The fraction of sp³-hybridized carbons (Fsp3) is 0.0769. The molecule has 0 N–H and O–H groups in total. The normalized spacial score (nSPS) is 12.5. The lowest BCUT2D eigenvalue weighted by molar-refractivity contribution is 0.507. The maximum Gasteiger partial charge on any atom is 0.159 e. The van der Waals surface area contributed by atoms with Gasteiger partial charge in [-0.2, -0.15) is 0 Å². The van der Waals surface area contributed by atoms with E-state index >= 15 is 0 Å². The highest BCUT2D eigenvalue weighted by Crippen LogP contribution is 2.33. The summed E-state index contributed by atoms with van der Waals surface area (Å²) in [5, 5.41) is 0. The molecule has 0 amide bonds. The Morgan fingerprint density at radius 3 is 2.17 bits per heavy atom. The first kappa shape index (κ1) is 13.6. The SMILES string of the molecule is Fc1ccc(C(Br)c2ccc(Br)cc2F)cc1F. The second-order valence-corrected chi connectivity index (χ2v) is 5.53. The Morgan fingerprint density at radius 2 is 1.56 bits per heavy atom. The zero-order valence-electron chi connectivity index (χ0n) is 8.93. The summed E-state index contributed by atoms with van der Waals surface area (Å²) in [6.45, 7) is 0. The zero-order chi connectivity index (χ0) is 13.3. The molecule has 0 fully saturated rings. The van der Waals surface area contributed by atoms with E-state index in [0.717, 1.165) is 12.1 Å². The molecule has 5 heteroatoms. The van der Waals surface area contributed by atoms with Gasteiger partial charge in [-0.1, -0.05) is 44.0 Å². The lowest BCUT2D eigenvalue weighted by atomic mass is 10.0. The number of halogens is 5. The van der Waals surface area contributed by atoms with Crippen LogP contribution in [0.1, 0.15) is 16.0 Å². The molecular weight excluding hydrogens is 373 g/mol. The number of hydrogen-bond donors (Lipinski definition) is 0. The van der Waals surface area contributed by atoms with E-state index < -0.39 is 22.3 Å². The molecule has 0 heterocycles. The quantitative estimate of drug-likeness (QED) is 0.617. The first-order valence-corrected chi connectivity index (χ1v) is 6.74. The second-order valence-electron chi connectivity index (χ2n) is 3.70. The van der Waals surface area contributed by atoms with E-state index in [1.807, 2.05) is 0 Å². The van der Waals surface area contributed by atoms with Crippen molar-refractivity contribution in [3.05, 3.63) is 69.4 Å². The molecule has 0 aliphatic rings. The zero-order valence-corrected chi connectivity index (χ0v) is 12.1. The minimum atomic E-state index is -0.950. The first-order chi connectivity index (χ1) is 8.49. The van der Waals surface area contributed by atoms with E-state index in [9.17, 15) is 13.2 Å². The van der Waals surface area contributed by atoms with Crippen molar-refractivity contribution in [1.29, 1.82) is 0 Å².